The number of fused-ring (bicyclic) bond motifs is 1. The molecular weight excluding hydrogens is 297 g/mol. The molecule has 0 unspecified atom stereocenters. The molecule has 0 saturated carbocycles. The van der Waals surface area contributed by atoms with Gasteiger partial charge in [-0.1, -0.05) is 12.1 Å². The number of nitrogens with one attached hydrogen (secondary N) is 2. The molecule has 0 spiro atoms. The van der Waals surface area contributed by atoms with E-state index in [0.29, 0.717) is 4.47 Å². The first kappa shape index (κ1) is 11.2. The van der Waals surface area contributed by atoms with E-state index < -0.39 is 0 Å². The molecule has 2 aromatic carbocycles. The van der Waals surface area contributed by atoms with Crippen LogP contribution in [0.5, 0.6) is 0 Å². The Morgan fingerprint density at radius 2 is 2.06 bits per heavy atom. The SMILES string of the molecule is Fc1ccc(Nc2cccc3cn[nH]c23)c(Br)c1. The van der Waals surface area contributed by atoms with Gasteiger partial charge in [0.05, 0.1) is 23.1 Å². The lowest BCUT2D eigenvalue weighted by molar-refractivity contribution is 0.627. The number of aromatic nitrogens is 2. The van der Waals surface area contributed by atoms with Crippen LogP contribution in [0.2, 0.25) is 0 Å². The molecule has 0 amide bonds. The molecule has 3 rings (SSSR count). The predicted molar refractivity (Wildman–Crippen MR) is 73.5 cm³/mol. The highest BCUT2D eigenvalue weighted by atomic mass is 79.9. The zero-order valence-corrected chi connectivity index (χ0v) is 10.8. The minimum atomic E-state index is -0.271. The van der Waals surface area contributed by atoms with Crippen molar-refractivity contribution < 1.29 is 4.39 Å². The van der Waals surface area contributed by atoms with Gasteiger partial charge in [0.15, 0.2) is 0 Å². The Morgan fingerprint density at radius 3 is 2.89 bits per heavy atom. The summed E-state index contributed by atoms with van der Waals surface area (Å²) in [6, 6.07) is 10.4. The van der Waals surface area contributed by atoms with Crippen LogP contribution in [0.3, 0.4) is 0 Å². The summed E-state index contributed by atoms with van der Waals surface area (Å²) in [7, 11) is 0. The number of benzene rings is 2. The molecule has 2 N–H and O–H groups in total. The summed E-state index contributed by atoms with van der Waals surface area (Å²) < 4.78 is 13.7. The fraction of sp³-hybridized carbons (Fsp3) is 0. The lowest BCUT2D eigenvalue weighted by atomic mass is 10.2. The van der Waals surface area contributed by atoms with Gasteiger partial charge in [0.2, 0.25) is 0 Å². The van der Waals surface area contributed by atoms with Gasteiger partial charge in [0.1, 0.15) is 5.82 Å². The summed E-state index contributed by atoms with van der Waals surface area (Å²) in [6.45, 7) is 0. The van der Waals surface area contributed by atoms with E-state index in [4.69, 9.17) is 0 Å². The Bertz CT molecular complexity index is 708. The van der Waals surface area contributed by atoms with E-state index >= 15 is 0 Å². The molecule has 3 nitrogen and oxygen atoms in total. The van der Waals surface area contributed by atoms with Crippen molar-refractivity contribution in [1.29, 1.82) is 0 Å². The van der Waals surface area contributed by atoms with Crippen molar-refractivity contribution in [2.45, 2.75) is 0 Å². The third-order valence-electron chi connectivity index (χ3n) is 2.68. The van der Waals surface area contributed by atoms with Gasteiger partial charge in [0.25, 0.3) is 0 Å². The van der Waals surface area contributed by atoms with Crippen LogP contribution in [0.4, 0.5) is 15.8 Å². The van der Waals surface area contributed by atoms with E-state index in [1.807, 2.05) is 18.2 Å². The molecular formula is C13H9BrFN3. The lowest BCUT2D eigenvalue weighted by Gasteiger charge is -2.09. The Morgan fingerprint density at radius 1 is 1.17 bits per heavy atom. The first-order chi connectivity index (χ1) is 8.74. The van der Waals surface area contributed by atoms with Gasteiger partial charge in [-0.3, -0.25) is 5.10 Å². The molecule has 0 fully saturated rings. The van der Waals surface area contributed by atoms with E-state index in [2.05, 4.69) is 31.4 Å². The van der Waals surface area contributed by atoms with Gasteiger partial charge < -0.3 is 5.32 Å². The van der Waals surface area contributed by atoms with Crippen LogP contribution >= 0.6 is 15.9 Å². The van der Waals surface area contributed by atoms with E-state index in [1.54, 1.807) is 12.3 Å². The predicted octanol–water partition coefficient (Wildman–Crippen LogP) is 4.21. The minimum Gasteiger partial charge on any atom is -0.353 e. The Kier molecular flexibility index (Phi) is 2.76. The second-order valence-corrected chi connectivity index (χ2v) is 4.74. The minimum absolute atomic E-state index is 0.271. The topological polar surface area (TPSA) is 40.7 Å². The van der Waals surface area contributed by atoms with Crippen LogP contribution in [-0.4, -0.2) is 10.2 Å². The van der Waals surface area contributed by atoms with Crippen molar-refractivity contribution >= 4 is 38.2 Å². The zero-order chi connectivity index (χ0) is 12.5. The van der Waals surface area contributed by atoms with E-state index in [1.165, 1.54) is 12.1 Å². The lowest BCUT2D eigenvalue weighted by Crippen LogP contribution is -1.93. The number of para-hydroxylation sites is 1. The molecule has 0 atom stereocenters. The van der Waals surface area contributed by atoms with Crippen molar-refractivity contribution in [3.8, 4) is 0 Å². The standard InChI is InChI=1S/C13H9BrFN3/c14-10-6-9(15)4-5-11(10)17-12-3-1-2-8-7-16-18-13(8)12/h1-7,17H,(H,16,18). The molecule has 18 heavy (non-hydrogen) atoms. The van der Waals surface area contributed by atoms with Crippen LogP contribution < -0.4 is 5.32 Å². The summed E-state index contributed by atoms with van der Waals surface area (Å²) in [5, 5.41) is 11.2. The number of halogens is 2. The average Bonchev–Trinajstić information content (AvgIpc) is 2.82. The normalized spacial score (nSPS) is 10.8. The molecule has 5 heteroatoms. The number of nitrogens with zero attached hydrogens (tertiary/aromatic N) is 1. The molecule has 90 valence electrons. The van der Waals surface area contributed by atoms with Crippen molar-refractivity contribution in [2.75, 3.05) is 5.32 Å². The molecule has 0 saturated heterocycles. The largest absolute Gasteiger partial charge is 0.353 e. The molecule has 1 heterocycles. The quantitative estimate of drug-likeness (QED) is 0.744. The van der Waals surface area contributed by atoms with Crippen LogP contribution in [0, 0.1) is 5.82 Å². The van der Waals surface area contributed by atoms with Crippen LogP contribution in [0.15, 0.2) is 47.1 Å². The Balaban J connectivity index is 2.03. The second kappa shape index (κ2) is 4.42. The van der Waals surface area contributed by atoms with E-state index in [-0.39, 0.29) is 5.82 Å². The monoisotopic (exact) mass is 305 g/mol. The van der Waals surface area contributed by atoms with Gasteiger partial charge in [-0.2, -0.15) is 5.10 Å². The summed E-state index contributed by atoms with van der Waals surface area (Å²) in [4.78, 5) is 0. The molecule has 0 aliphatic carbocycles. The zero-order valence-electron chi connectivity index (χ0n) is 9.24. The van der Waals surface area contributed by atoms with Gasteiger partial charge in [-0.15, -0.1) is 0 Å². The summed E-state index contributed by atoms with van der Waals surface area (Å²) in [5.74, 6) is -0.271. The smallest absolute Gasteiger partial charge is 0.124 e. The van der Waals surface area contributed by atoms with Crippen LogP contribution in [-0.2, 0) is 0 Å². The number of hydrogen-bond donors (Lipinski definition) is 2. The number of anilines is 2. The molecule has 0 aliphatic heterocycles. The fourth-order valence-electron chi connectivity index (χ4n) is 1.81. The Labute approximate surface area is 111 Å². The number of H-pyrrole nitrogens is 1. The highest BCUT2D eigenvalue weighted by molar-refractivity contribution is 9.10. The third-order valence-corrected chi connectivity index (χ3v) is 3.33. The highest BCUT2D eigenvalue weighted by Gasteiger charge is 2.05. The maximum absolute atomic E-state index is 13.0. The molecule has 3 aromatic rings. The van der Waals surface area contributed by atoms with Crippen LogP contribution in [0.25, 0.3) is 10.9 Å². The highest BCUT2D eigenvalue weighted by Crippen LogP contribution is 2.29. The van der Waals surface area contributed by atoms with Crippen molar-refractivity contribution in [1.82, 2.24) is 10.2 Å². The first-order valence-electron chi connectivity index (χ1n) is 5.38. The second-order valence-electron chi connectivity index (χ2n) is 3.89. The summed E-state index contributed by atoms with van der Waals surface area (Å²) in [5.41, 5.74) is 2.63. The number of aromatic amines is 1. The fourth-order valence-corrected chi connectivity index (χ4v) is 2.26. The van der Waals surface area contributed by atoms with Crippen molar-refractivity contribution in [3.63, 3.8) is 0 Å². The van der Waals surface area contributed by atoms with E-state index in [0.717, 1.165) is 22.3 Å². The molecule has 1 aromatic heterocycles. The molecule has 0 radical (unpaired) electrons. The summed E-state index contributed by atoms with van der Waals surface area (Å²) in [6.07, 6.45) is 1.76. The summed E-state index contributed by atoms with van der Waals surface area (Å²) >= 11 is 3.33. The van der Waals surface area contributed by atoms with Gasteiger partial charge in [0, 0.05) is 9.86 Å². The van der Waals surface area contributed by atoms with Crippen molar-refractivity contribution in [2.24, 2.45) is 0 Å². The van der Waals surface area contributed by atoms with E-state index in [9.17, 15) is 4.39 Å². The maximum Gasteiger partial charge on any atom is 0.124 e. The van der Waals surface area contributed by atoms with Gasteiger partial charge in [-0.25, -0.2) is 4.39 Å². The van der Waals surface area contributed by atoms with Gasteiger partial charge in [-0.05, 0) is 40.2 Å². The van der Waals surface area contributed by atoms with Gasteiger partial charge >= 0.3 is 0 Å². The van der Waals surface area contributed by atoms with Crippen LogP contribution in [0.1, 0.15) is 0 Å². The number of rotatable bonds is 2. The molecule has 0 bridgehead atoms. The molecule has 0 aliphatic rings. The average molecular weight is 306 g/mol. The maximum atomic E-state index is 13.0. The number of hydrogen-bond acceptors (Lipinski definition) is 2. The van der Waals surface area contributed by atoms with Crippen molar-refractivity contribution in [3.05, 3.63) is 52.9 Å². The third kappa shape index (κ3) is 1.97. The Hall–Kier alpha value is -1.88. The first-order valence-corrected chi connectivity index (χ1v) is 6.17.